The van der Waals surface area contributed by atoms with Crippen LogP contribution in [0.4, 0.5) is 0 Å². The van der Waals surface area contributed by atoms with E-state index in [1.807, 2.05) is 6.07 Å². The van der Waals surface area contributed by atoms with Gasteiger partial charge in [0.05, 0.1) is 18.0 Å². The van der Waals surface area contributed by atoms with Crippen LogP contribution in [0.5, 0.6) is 0 Å². The van der Waals surface area contributed by atoms with Gasteiger partial charge in [-0.2, -0.15) is 0 Å². The molecule has 5 nitrogen and oxygen atoms in total. The lowest BCUT2D eigenvalue weighted by Crippen LogP contribution is -2.37. The van der Waals surface area contributed by atoms with Crippen LogP contribution >= 0.6 is 11.3 Å². The number of aryl methyl sites for hydroxylation is 1. The van der Waals surface area contributed by atoms with E-state index < -0.39 is 0 Å². The number of carbonyl (C=O) groups excluding carboxylic acids is 2. The standard InChI is InChI=1S/C18H28N2O3S/c1-18(2,3)13-5-6-14-12(9-13)10-15(24-14)17(22)20-11-16(21)19-7-8-23-4/h10,13H,5-9,11H2,1-4H3,(H,19,21)(H,20,22). The summed E-state index contributed by atoms with van der Waals surface area (Å²) in [5.41, 5.74) is 1.60. The summed E-state index contributed by atoms with van der Waals surface area (Å²) < 4.78 is 4.87. The third-order valence-corrected chi connectivity index (χ3v) is 5.81. The second-order valence-electron chi connectivity index (χ2n) is 7.39. The highest BCUT2D eigenvalue weighted by Gasteiger charge is 2.30. The average molecular weight is 353 g/mol. The maximum absolute atomic E-state index is 12.3. The molecule has 2 rings (SSSR count). The summed E-state index contributed by atoms with van der Waals surface area (Å²) in [5, 5.41) is 5.38. The molecule has 0 saturated heterocycles. The van der Waals surface area contributed by atoms with E-state index in [0.717, 1.165) is 12.8 Å². The quantitative estimate of drug-likeness (QED) is 0.773. The Balaban J connectivity index is 1.89. The molecule has 1 aliphatic rings. The van der Waals surface area contributed by atoms with E-state index in [2.05, 4.69) is 31.4 Å². The van der Waals surface area contributed by atoms with Crippen molar-refractivity contribution in [3.05, 3.63) is 21.4 Å². The van der Waals surface area contributed by atoms with Gasteiger partial charge in [-0.25, -0.2) is 0 Å². The highest BCUT2D eigenvalue weighted by Crippen LogP contribution is 2.40. The van der Waals surface area contributed by atoms with E-state index in [-0.39, 0.29) is 18.4 Å². The van der Waals surface area contributed by atoms with Crippen LogP contribution in [0.15, 0.2) is 6.07 Å². The highest BCUT2D eigenvalue weighted by atomic mass is 32.1. The first kappa shape index (κ1) is 18.9. The smallest absolute Gasteiger partial charge is 0.261 e. The van der Waals surface area contributed by atoms with Crippen molar-refractivity contribution in [2.24, 2.45) is 11.3 Å². The van der Waals surface area contributed by atoms with Gasteiger partial charge in [-0.15, -0.1) is 11.3 Å². The number of methoxy groups -OCH3 is 1. The molecule has 1 aromatic heterocycles. The minimum Gasteiger partial charge on any atom is -0.383 e. The first-order valence-electron chi connectivity index (χ1n) is 8.46. The number of hydrogen-bond donors (Lipinski definition) is 2. The molecule has 0 spiro atoms. The van der Waals surface area contributed by atoms with Gasteiger partial charge in [0.2, 0.25) is 5.91 Å². The van der Waals surface area contributed by atoms with Gasteiger partial charge in [0, 0.05) is 18.5 Å². The van der Waals surface area contributed by atoms with Gasteiger partial charge in [-0.3, -0.25) is 9.59 Å². The van der Waals surface area contributed by atoms with Crippen LogP contribution in [0.2, 0.25) is 0 Å². The molecule has 134 valence electrons. The fourth-order valence-electron chi connectivity index (χ4n) is 2.98. The Bertz CT molecular complexity index is 590. The molecule has 1 atom stereocenters. The molecule has 2 N–H and O–H groups in total. The van der Waals surface area contributed by atoms with E-state index in [1.165, 1.54) is 16.9 Å². The van der Waals surface area contributed by atoms with Crippen LogP contribution in [-0.4, -0.2) is 38.6 Å². The van der Waals surface area contributed by atoms with Crippen LogP contribution in [0.1, 0.15) is 47.3 Å². The number of hydrogen-bond acceptors (Lipinski definition) is 4. The fourth-order valence-corrected chi connectivity index (χ4v) is 4.10. The van der Waals surface area contributed by atoms with Crippen molar-refractivity contribution in [1.82, 2.24) is 10.6 Å². The van der Waals surface area contributed by atoms with Crippen LogP contribution in [0.25, 0.3) is 0 Å². The number of nitrogens with one attached hydrogen (secondary N) is 2. The number of carbonyl (C=O) groups is 2. The molecule has 1 heterocycles. The number of rotatable bonds is 6. The van der Waals surface area contributed by atoms with Gasteiger partial charge in [0.1, 0.15) is 0 Å². The van der Waals surface area contributed by atoms with Crippen LogP contribution in [-0.2, 0) is 22.4 Å². The van der Waals surface area contributed by atoms with Gasteiger partial charge in [0.25, 0.3) is 5.91 Å². The molecule has 0 saturated carbocycles. The molecule has 0 radical (unpaired) electrons. The summed E-state index contributed by atoms with van der Waals surface area (Å²) in [6.07, 6.45) is 3.27. The maximum atomic E-state index is 12.3. The van der Waals surface area contributed by atoms with Crippen LogP contribution < -0.4 is 10.6 Å². The molecule has 2 amide bonds. The van der Waals surface area contributed by atoms with Crippen molar-refractivity contribution in [3.8, 4) is 0 Å². The lowest BCUT2D eigenvalue weighted by atomic mass is 9.72. The normalized spacial score (nSPS) is 17.2. The summed E-state index contributed by atoms with van der Waals surface area (Å²) in [7, 11) is 1.58. The number of thiophene rings is 1. The Morgan fingerprint density at radius 1 is 1.33 bits per heavy atom. The zero-order valence-electron chi connectivity index (χ0n) is 15.0. The first-order chi connectivity index (χ1) is 11.3. The highest BCUT2D eigenvalue weighted by molar-refractivity contribution is 7.14. The molecule has 0 aliphatic heterocycles. The molecule has 6 heteroatoms. The van der Waals surface area contributed by atoms with Gasteiger partial charge in [-0.05, 0) is 42.2 Å². The second-order valence-corrected chi connectivity index (χ2v) is 8.53. The fraction of sp³-hybridized carbons (Fsp3) is 0.667. The molecular weight excluding hydrogens is 324 g/mol. The SMILES string of the molecule is COCCNC(=O)CNC(=O)c1cc2c(s1)CCC(C(C)(C)C)C2. The lowest BCUT2D eigenvalue weighted by Gasteiger charge is -2.33. The minimum atomic E-state index is -0.200. The summed E-state index contributed by atoms with van der Waals surface area (Å²) in [6, 6.07) is 2.01. The predicted octanol–water partition coefficient (Wildman–Crippen LogP) is 2.39. The Morgan fingerprint density at radius 3 is 2.75 bits per heavy atom. The monoisotopic (exact) mass is 352 g/mol. The predicted molar refractivity (Wildman–Crippen MR) is 96.5 cm³/mol. The zero-order valence-corrected chi connectivity index (χ0v) is 15.8. The van der Waals surface area contributed by atoms with Crippen molar-refractivity contribution in [1.29, 1.82) is 0 Å². The number of amides is 2. The molecule has 24 heavy (non-hydrogen) atoms. The Kier molecular flexibility index (Phi) is 6.40. The van der Waals surface area contributed by atoms with Crippen molar-refractivity contribution >= 4 is 23.2 Å². The van der Waals surface area contributed by atoms with Crippen molar-refractivity contribution < 1.29 is 14.3 Å². The van der Waals surface area contributed by atoms with Crippen molar-refractivity contribution in [3.63, 3.8) is 0 Å². The number of fused-ring (bicyclic) bond motifs is 1. The summed E-state index contributed by atoms with van der Waals surface area (Å²) in [4.78, 5) is 25.9. The Hall–Kier alpha value is -1.40. The number of ether oxygens (including phenoxy) is 1. The first-order valence-corrected chi connectivity index (χ1v) is 9.28. The zero-order chi connectivity index (χ0) is 17.7. The Morgan fingerprint density at radius 2 is 2.08 bits per heavy atom. The molecule has 0 bridgehead atoms. The van der Waals surface area contributed by atoms with E-state index in [4.69, 9.17) is 4.74 Å². The Labute approximate surface area is 148 Å². The summed E-state index contributed by atoms with van der Waals surface area (Å²) in [6.45, 7) is 7.76. The third kappa shape index (κ3) is 5.05. The average Bonchev–Trinajstić information content (AvgIpc) is 2.95. The van der Waals surface area contributed by atoms with Gasteiger partial charge < -0.3 is 15.4 Å². The minimum absolute atomic E-state index is 0.00424. The largest absolute Gasteiger partial charge is 0.383 e. The van der Waals surface area contributed by atoms with E-state index in [1.54, 1.807) is 18.4 Å². The van der Waals surface area contributed by atoms with Crippen LogP contribution in [0.3, 0.4) is 0 Å². The van der Waals surface area contributed by atoms with Crippen molar-refractivity contribution in [2.75, 3.05) is 26.8 Å². The second kappa shape index (κ2) is 8.12. The molecular formula is C18H28N2O3S. The van der Waals surface area contributed by atoms with Crippen molar-refractivity contribution in [2.45, 2.75) is 40.0 Å². The molecule has 1 aliphatic carbocycles. The van der Waals surface area contributed by atoms with Gasteiger partial charge in [0.15, 0.2) is 0 Å². The third-order valence-electron chi connectivity index (χ3n) is 4.57. The topological polar surface area (TPSA) is 67.4 Å². The van der Waals surface area contributed by atoms with Gasteiger partial charge >= 0.3 is 0 Å². The van der Waals surface area contributed by atoms with E-state index in [9.17, 15) is 9.59 Å². The van der Waals surface area contributed by atoms with E-state index in [0.29, 0.717) is 29.4 Å². The molecule has 1 unspecified atom stereocenters. The summed E-state index contributed by atoms with van der Waals surface area (Å²) >= 11 is 1.57. The summed E-state index contributed by atoms with van der Waals surface area (Å²) in [5.74, 6) is 0.292. The van der Waals surface area contributed by atoms with Crippen LogP contribution in [0, 0.1) is 11.3 Å². The molecule has 1 aromatic rings. The molecule has 0 fully saturated rings. The maximum Gasteiger partial charge on any atom is 0.261 e. The van der Waals surface area contributed by atoms with Gasteiger partial charge in [-0.1, -0.05) is 20.8 Å². The van der Waals surface area contributed by atoms with E-state index >= 15 is 0 Å². The molecule has 0 aromatic carbocycles. The lowest BCUT2D eigenvalue weighted by molar-refractivity contribution is -0.120.